The number of carbonyl (C=O) groups excluding carboxylic acids is 1. The smallest absolute Gasteiger partial charge is 0.241 e. The predicted molar refractivity (Wildman–Crippen MR) is 127 cm³/mol. The number of ketones is 1. The van der Waals surface area contributed by atoms with E-state index in [1.165, 1.54) is 6.07 Å². The number of nitrogens with one attached hydrogen (secondary N) is 1. The molecule has 0 radical (unpaired) electrons. The van der Waals surface area contributed by atoms with Crippen LogP contribution in [0.25, 0.3) is 0 Å². The van der Waals surface area contributed by atoms with Crippen LogP contribution in [0.2, 0.25) is 5.02 Å². The lowest BCUT2D eigenvalue weighted by Gasteiger charge is -2.33. The first-order valence-electron chi connectivity index (χ1n) is 10.9. The summed E-state index contributed by atoms with van der Waals surface area (Å²) in [6, 6.07) is 10.9. The molecule has 2 aromatic carbocycles. The third-order valence-corrected chi connectivity index (χ3v) is 6.96. The van der Waals surface area contributed by atoms with Crippen molar-refractivity contribution in [2.45, 2.75) is 62.9 Å². The second-order valence-corrected chi connectivity index (χ2v) is 10.8. The number of ether oxygens (including phenoxy) is 1. The quantitative estimate of drug-likeness (QED) is 0.392. The maximum Gasteiger partial charge on any atom is 0.241 e. The van der Waals surface area contributed by atoms with Crippen molar-refractivity contribution >= 4 is 27.4 Å². The fourth-order valence-electron chi connectivity index (χ4n) is 3.83. The number of nitrogens with two attached hydrogens (primary N) is 1. The number of hydrogen-bond acceptors (Lipinski definition) is 5. The molecule has 0 saturated heterocycles. The van der Waals surface area contributed by atoms with Crippen molar-refractivity contribution < 1.29 is 17.9 Å². The molecule has 1 aliphatic rings. The number of carbonyl (C=O) groups is 1. The van der Waals surface area contributed by atoms with Crippen molar-refractivity contribution in [2.24, 2.45) is 5.14 Å². The molecule has 3 rings (SSSR count). The van der Waals surface area contributed by atoms with Gasteiger partial charge in [0.15, 0.2) is 5.78 Å². The summed E-state index contributed by atoms with van der Waals surface area (Å²) in [7, 11) is -4.01. The summed E-state index contributed by atoms with van der Waals surface area (Å²) >= 11 is 6.16. The molecule has 0 fully saturated rings. The second-order valence-electron chi connectivity index (χ2n) is 8.84. The van der Waals surface area contributed by atoms with Crippen LogP contribution in [0.3, 0.4) is 0 Å². The molecule has 0 aromatic heterocycles. The fraction of sp³-hybridized carbons (Fsp3) is 0.458. The van der Waals surface area contributed by atoms with Crippen LogP contribution >= 0.6 is 11.6 Å². The highest BCUT2D eigenvalue weighted by molar-refractivity contribution is 7.89. The number of benzene rings is 2. The standard InChI is InChI=1S/C24H31ClN2O4S/c1-24(2)12-10-18-15-19(16-22(23(18)31-24)32(26,29)30)21(28)9-5-6-13-27-14-11-17-7-3-4-8-20(17)25/h3-4,7-8,15-16,27H,5-6,9-14H2,1-2H3,(H2,26,29,30). The molecule has 1 heterocycles. The maximum atomic E-state index is 12.7. The topological polar surface area (TPSA) is 98.5 Å². The molecule has 1 aliphatic heterocycles. The van der Waals surface area contributed by atoms with E-state index < -0.39 is 15.6 Å². The number of hydrogen-bond donors (Lipinski definition) is 2. The van der Waals surface area contributed by atoms with E-state index in [9.17, 15) is 13.2 Å². The van der Waals surface area contributed by atoms with Crippen molar-refractivity contribution in [1.82, 2.24) is 5.32 Å². The molecule has 0 amide bonds. The zero-order chi connectivity index (χ0) is 23.4. The summed E-state index contributed by atoms with van der Waals surface area (Å²) in [6.45, 7) is 5.43. The second kappa shape index (κ2) is 10.3. The number of aryl methyl sites for hydroxylation is 1. The average Bonchev–Trinajstić information content (AvgIpc) is 2.72. The van der Waals surface area contributed by atoms with Crippen molar-refractivity contribution in [3.05, 3.63) is 58.1 Å². The van der Waals surface area contributed by atoms with Gasteiger partial charge in [0.1, 0.15) is 16.2 Å². The minimum Gasteiger partial charge on any atom is -0.486 e. The number of unbranched alkanes of at least 4 members (excludes halogenated alkanes) is 1. The van der Waals surface area contributed by atoms with Crippen LogP contribution in [0.5, 0.6) is 5.75 Å². The van der Waals surface area contributed by atoms with Gasteiger partial charge in [-0.1, -0.05) is 29.8 Å². The van der Waals surface area contributed by atoms with Gasteiger partial charge in [0.25, 0.3) is 0 Å². The summed E-state index contributed by atoms with van der Waals surface area (Å²) < 4.78 is 30.2. The lowest BCUT2D eigenvalue weighted by Crippen LogP contribution is -2.34. The van der Waals surface area contributed by atoms with Crippen LogP contribution in [0, 0.1) is 0 Å². The van der Waals surface area contributed by atoms with Gasteiger partial charge in [0.05, 0.1) is 0 Å². The van der Waals surface area contributed by atoms with Gasteiger partial charge in [0.2, 0.25) is 10.0 Å². The Morgan fingerprint density at radius 2 is 1.94 bits per heavy atom. The Morgan fingerprint density at radius 3 is 2.66 bits per heavy atom. The summed E-state index contributed by atoms with van der Waals surface area (Å²) in [4.78, 5) is 12.6. The Kier molecular flexibility index (Phi) is 7.98. The monoisotopic (exact) mass is 478 g/mol. The third-order valence-electron chi connectivity index (χ3n) is 5.67. The first-order valence-corrected chi connectivity index (χ1v) is 12.9. The molecule has 6 nitrogen and oxygen atoms in total. The van der Waals surface area contributed by atoms with Gasteiger partial charge >= 0.3 is 0 Å². The molecule has 0 spiro atoms. The normalized spacial score (nSPS) is 15.1. The van der Waals surface area contributed by atoms with E-state index in [0.717, 1.165) is 48.5 Å². The number of rotatable bonds is 10. The van der Waals surface area contributed by atoms with E-state index in [0.29, 0.717) is 24.8 Å². The van der Waals surface area contributed by atoms with Gasteiger partial charge in [-0.25, -0.2) is 13.6 Å². The first-order chi connectivity index (χ1) is 15.1. The molecule has 3 N–H and O–H groups in total. The number of halogens is 1. The highest BCUT2D eigenvalue weighted by Gasteiger charge is 2.32. The van der Waals surface area contributed by atoms with E-state index in [1.807, 2.05) is 38.1 Å². The van der Waals surface area contributed by atoms with Crippen LogP contribution in [0.1, 0.15) is 61.0 Å². The van der Waals surface area contributed by atoms with Crippen LogP contribution in [-0.2, 0) is 22.9 Å². The minimum absolute atomic E-state index is 0.0846. The predicted octanol–water partition coefficient (Wildman–Crippen LogP) is 4.28. The van der Waals surface area contributed by atoms with Crippen LogP contribution < -0.4 is 15.2 Å². The lowest BCUT2D eigenvalue weighted by atomic mass is 9.92. The molecule has 0 aliphatic carbocycles. The van der Waals surface area contributed by atoms with E-state index >= 15 is 0 Å². The molecule has 0 bridgehead atoms. The molecule has 174 valence electrons. The van der Waals surface area contributed by atoms with Gasteiger partial charge in [-0.05, 0) is 88.4 Å². The van der Waals surface area contributed by atoms with Gasteiger partial charge in [-0.3, -0.25) is 4.79 Å². The number of Topliss-reactive ketones (excluding diaryl/α,β-unsaturated/α-hetero) is 1. The molecular formula is C24H31ClN2O4S. The molecular weight excluding hydrogens is 448 g/mol. The summed E-state index contributed by atoms with van der Waals surface area (Å²) in [5.41, 5.74) is 1.74. The van der Waals surface area contributed by atoms with E-state index in [1.54, 1.807) is 6.07 Å². The zero-order valence-electron chi connectivity index (χ0n) is 18.6. The summed E-state index contributed by atoms with van der Waals surface area (Å²) in [6.07, 6.45) is 4.13. The lowest BCUT2D eigenvalue weighted by molar-refractivity contribution is 0.0805. The van der Waals surface area contributed by atoms with Gasteiger partial charge in [-0.15, -0.1) is 0 Å². The molecule has 2 aromatic rings. The van der Waals surface area contributed by atoms with E-state index in [4.69, 9.17) is 21.5 Å². The Labute approximate surface area is 195 Å². The van der Waals surface area contributed by atoms with Crippen molar-refractivity contribution in [2.75, 3.05) is 13.1 Å². The Hall–Kier alpha value is -1.93. The Balaban J connectivity index is 1.52. The molecule has 0 saturated carbocycles. The highest BCUT2D eigenvalue weighted by Crippen LogP contribution is 2.38. The third kappa shape index (κ3) is 6.54. The van der Waals surface area contributed by atoms with Crippen LogP contribution in [0.15, 0.2) is 41.3 Å². The van der Waals surface area contributed by atoms with Crippen molar-refractivity contribution in [1.29, 1.82) is 0 Å². The van der Waals surface area contributed by atoms with Crippen molar-refractivity contribution in [3.8, 4) is 5.75 Å². The molecule has 8 heteroatoms. The Morgan fingerprint density at radius 1 is 1.19 bits per heavy atom. The number of fused-ring (bicyclic) bond motifs is 1. The fourth-order valence-corrected chi connectivity index (χ4v) is 4.78. The van der Waals surface area contributed by atoms with Crippen LogP contribution in [-0.4, -0.2) is 32.9 Å². The maximum absolute atomic E-state index is 12.7. The van der Waals surface area contributed by atoms with Crippen molar-refractivity contribution in [3.63, 3.8) is 0 Å². The van der Waals surface area contributed by atoms with E-state index in [2.05, 4.69) is 5.32 Å². The summed E-state index contributed by atoms with van der Waals surface area (Å²) in [5, 5.41) is 9.57. The van der Waals surface area contributed by atoms with Gasteiger partial charge < -0.3 is 10.1 Å². The average molecular weight is 479 g/mol. The van der Waals surface area contributed by atoms with Gasteiger partial charge in [-0.2, -0.15) is 0 Å². The SMILES string of the molecule is CC1(C)CCc2cc(C(=O)CCCCNCCc3ccccc3Cl)cc(S(N)(=O)=O)c2O1. The first kappa shape index (κ1) is 24.7. The molecule has 0 unspecified atom stereocenters. The highest BCUT2D eigenvalue weighted by atomic mass is 35.5. The van der Waals surface area contributed by atoms with Crippen LogP contribution in [0.4, 0.5) is 0 Å². The molecule has 32 heavy (non-hydrogen) atoms. The largest absolute Gasteiger partial charge is 0.486 e. The molecule has 0 atom stereocenters. The summed E-state index contributed by atoms with van der Waals surface area (Å²) in [5.74, 6) is 0.196. The number of sulfonamides is 1. The Bertz CT molecular complexity index is 1080. The van der Waals surface area contributed by atoms with Gasteiger partial charge in [0, 0.05) is 17.0 Å². The number of primary sulfonamides is 1. The van der Waals surface area contributed by atoms with E-state index in [-0.39, 0.29) is 16.4 Å². The zero-order valence-corrected chi connectivity index (χ0v) is 20.2. The minimum atomic E-state index is -4.01.